The molecule has 0 saturated heterocycles. The van der Waals surface area contributed by atoms with E-state index in [2.05, 4.69) is 33.6 Å². The molecule has 0 fully saturated rings. The number of carbonyl (C=O) groups is 5. The summed E-state index contributed by atoms with van der Waals surface area (Å²) in [7, 11) is 0. The Balaban J connectivity index is 5.13. The van der Waals surface area contributed by atoms with Crippen molar-refractivity contribution in [1.82, 2.24) is 16.0 Å². The molecule has 4 unspecified atom stereocenters. The van der Waals surface area contributed by atoms with Gasteiger partial charge in [-0.2, -0.15) is 24.4 Å². The Morgan fingerprint density at radius 1 is 0.914 bits per heavy atom. The highest BCUT2D eigenvalue weighted by Gasteiger charge is 2.29. The molecule has 12 N–H and O–H groups in total. The van der Waals surface area contributed by atoms with Crippen molar-refractivity contribution in [3.8, 4) is 0 Å². The number of thioether (sulfide) groups is 1. The first-order chi connectivity index (χ1) is 16.4. The molecule has 0 bridgehead atoms. The van der Waals surface area contributed by atoms with Crippen LogP contribution in [-0.2, 0) is 24.0 Å². The number of hydrogen-bond acceptors (Lipinski definition) is 9. The van der Waals surface area contributed by atoms with Crippen LogP contribution < -0.4 is 38.9 Å². The summed E-state index contributed by atoms with van der Waals surface area (Å²) in [6, 6.07) is -4.46. The summed E-state index contributed by atoms with van der Waals surface area (Å²) >= 11 is 5.51. The number of primary amides is 1. The predicted molar refractivity (Wildman–Crippen MR) is 137 cm³/mol. The molecule has 0 radical (unpaired) electrons. The number of aliphatic carboxylic acids is 1. The van der Waals surface area contributed by atoms with Gasteiger partial charge in [0.2, 0.25) is 23.6 Å². The number of guanidine groups is 1. The summed E-state index contributed by atoms with van der Waals surface area (Å²) in [5.41, 5.74) is 21.4. The van der Waals surface area contributed by atoms with Crippen LogP contribution in [0.5, 0.6) is 0 Å². The van der Waals surface area contributed by atoms with E-state index in [1.54, 1.807) is 6.26 Å². The highest BCUT2D eigenvalue weighted by atomic mass is 32.2. The second-order valence-corrected chi connectivity index (χ2v) is 8.90. The number of nitrogens with one attached hydrogen (secondary N) is 3. The topological polar surface area (TPSA) is 258 Å². The van der Waals surface area contributed by atoms with Crippen molar-refractivity contribution in [3.05, 3.63) is 0 Å². The van der Waals surface area contributed by atoms with E-state index in [0.29, 0.717) is 18.7 Å². The van der Waals surface area contributed by atoms with Crippen LogP contribution in [0.1, 0.15) is 32.1 Å². The Hall–Kier alpha value is -2.72. The van der Waals surface area contributed by atoms with Crippen molar-refractivity contribution < 1.29 is 29.1 Å². The first-order valence-electron chi connectivity index (χ1n) is 10.8. The number of nitrogens with zero attached hydrogens (tertiary/aromatic N) is 1. The molecule has 35 heavy (non-hydrogen) atoms. The summed E-state index contributed by atoms with van der Waals surface area (Å²) in [4.78, 5) is 64.0. The number of carboxylic acids is 1. The summed E-state index contributed by atoms with van der Waals surface area (Å²) in [6.45, 7) is 0.294. The average Bonchev–Trinajstić information content (AvgIpc) is 2.79. The largest absolute Gasteiger partial charge is 0.480 e. The minimum Gasteiger partial charge on any atom is -0.480 e. The number of carboxylic acid groups (broad SMARTS) is 1. The molecular weight excluding hydrogens is 500 g/mol. The second-order valence-electron chi connectivity index (χ2n) is 7.55. The molecule has 0 aliphatic carbocycles. The lowest BCUT2D eigenvalue weighted by Gasteiger charge is -2.24. The fraction of sp³-hybridized carbons (Fsp3) is 0.684. The van der Waals surface area contributed by atoms with E-state index in [9.17, 15) is 29.1 Å². The average molecular weight is 537 g/mol. The van der Waals surface area contributed by atoms with Gasteiger partial charge < -0.3 is 44.0 Å². The van der Waals surface area contributed by atoms with Crippen molar-refractivity contribution in [2.75, 3.05) is 24.3 Å². The molecule has 16 heteroatoms. The Kier molecular flexibility index (Phi) is 16.3. The molecule has 0 aliphatic heterocycles. The van der Waals surface area contributed by atoms with Gasteiger partial charge in [0.15, 0.2) is 5.96 Å². The quantitative estimate of drug-likeness (QED) is 0.0368. The molecule has 0 spiro atoms. The number of aliphatic imine (C=N–C) groups is 1. The van der Waals surface area contributed by atoms with Crippen molar-refractivity contribution in [2.24, 2.45) is 27.9 Å². The molecule has 0 aliphatic rings. The Morgan fingerprint density at radius 3 is 2.00 bits per heavy atom. The number of amides is 4. The van der Waals surface area contributed by atoms with Gasteiger partial charge in [0.25, 0.3) is 0 Å². The van der Waals surface area contributed by atoms with E-state index in [1.165, 1.54) is 11.8 Å². The van der Waals surface area contributed by atoms with Crippen LogP contribution in [0.3, 0.4) is 0 Å². The lowest BCUT2D eigenvalue weighted by molar-refractivity contribution is -0.142. The number of thiol groups is 1. The van der Waals surface area contributed by atoms with Gasteiger partial charge in [0.1, 0.15) is 18.1 Å². The molecule has 0 rings (SSSR count). The van der Waals surface area contributed by atoms with E-state index in [1.807, 2.05) is 0 Å². The molecule has 0 heterocycles. The second kappa shape index (κ2) is 17.7. The third-order valence-electron chi connectivity index (χ3n) is 4.66. The van der Waals surface area contributed by atoms with Gasteiger partial charge in [-0.15, -0.1) is 0 Å². The molecule has 0 aromatic rings. The van der Waals surface area contributed by atoms with Crippen LogP contribution in [0.2, 0.25) is 0 Å². The lowest BCUT2D eigenvalue weighted by Crippen LogP contribution is -2.57. The van der Waals surface area contributed by atoms with Gasteiger partial charge in [0.05, 0.1) is 6.04 Å². The van der Waals surface area contributed by atoms with Crippen LogP contribution in [0, 0.1) is 0 Å². The molecular formula is C19H36N8O6S2. The first kappa shape index (κ1) is 32.3. The lowest BCUT2D eigenvalue weighted by atomic mass is 10.1. The molecule has 4 atom stereocenters. The van der Waals surface area contributed by atoms with Gasteiger partial charge in [-0.3, -0.25) is 24.2 Å². The maximum atomic E-state index is 12.8. The number of nitrogens with two attached hydrogens (primary N) is 4. The fourth-order valence-electron chi connectivity index (χ4n) is 2.72. The first-order valence-corrected chi connectivity index (χ1v) is 12.8. The molecule has 200 valence electrons. The fourth-order valence-corrected chi connectivity index (χ4v) is 3.44. The third kappa shape index (κ3) is 14.3. The Labute approximate surface area is 213 Å². The Morgan fingerprint density at radius 2 is 1.49 bits per heavy atom. The van der Waals surface area contributed by atoms with Gasteiger partial charge in [-0.25, -0.2) is 4.79 Å². The molecule has 0 aromatic heterocycles. The molecule has 0 aromatic carbocycles. The standard InChI is InChI=1S/C19H36N8O6S2/c1-35-8-6-11(16(30)26-12(18(32)33)4-5-14(21)28)25-17(31)13(9-34)27-15(29)10(20)3-2-7-24-19(22)23/h10-13,34H,2-9,20H2,1H3,(H2,21,28)(H,25,31)(H,26,30)(H,27,29)(H,32,33)(H4,22,23,24). The summed E-state index contributed by atoms with van der Waals surface area (Å²) < 4.78 is 0. The van der Waals surface area contributed by atoms with Gasteiger partial charge in [-0.05, 0) is 37.7 Å². The van der Waals surface area contributed by atoms with E-state index < -0.39 is 53.8 Å². The number of rotatable bonds is 18. The summed E-state index contributed by atoms with van der Waals surface area (Å²) in [6.07, 6.45) is 2.27. The van der Waals surface area contributed by atoms with Crippen molar-refractivity contribution in [3.63, 3.8) is 0 Å². The van der Waals surface area contributed by atoms with Crippen LogP contribution in [0.4, 0.5) is 0 Å². The number of hydrogen-bond donors (Lipinski definition) is 9. The van der Waals surface area contributed by atoms with Crippen LogP contribution in [0.25, 0.3) is 0 Å². The van der Waals surface area contributed by atoms with Gasteiger partial charge >= 0.3 is 5.97 Å². The molecule has 0 saturated carbocycles. The maximum absolute atomic E-state index is 12.8. The van der Waals surface area contributed by atoms with E-state index in [4.69, 9.17) is 22.9 Å². The van der Waals surface area contributed by atoms with Crippen molar-refractivity contribution in [1.29, 1.82) is 0 Å². The minimum absolute atomic E-state index is 0.0718. The van der Waals surface area contributed by atoms with E-state index in [0.717, 1.165) is 0 Å². The maximum Gasteiger partial charge on any atom is 0.326 e. The third-order valence-corrected chi connectivity index (χ3v) is 5.67. The van der Waals surface area contributed by atoms with Gasteiger partial charge in [-0.1, -0.05) is 0 Å². The van der Waals surface area contributed by atoms with Crippen molar-refractivity contribution in [2.45, 2.75) is 56.3 Å². The monoisotopic (exact) mass is 536 g/mol. The highest BCUT2D eigenvalue weighted by molar-refractivity contribution is 7.98. The van der Waals surface area contributed by atoms with E-state index >= 15 is 0 Å². The van der Waals surface area contributed by atoms with E-state index in [-0.39, 0.29) is 37.4 Å². The SMILES string of the molecule is CSCCC(NC(=O)C(CS)NC(=O)C(N)CCCN=C(N)N)C(=O)NC(CCC(N)=O)C(=O)O. The summed E-state index contributed by atoms with van der Waals surface area (Å²) in [5, 5.41) is 16.6. The van der Waals surface area contributed by atoms with Crippen molar-refractivity contribution >= 4 is 59.9 Å². The zero-order valence-corrected chi connectivity index (χ0v) is 21.3. The van der Waals surface area contributed by atoms with Crippen LogP contribution >= 0.6 is 24.4 Å². The molecule has 14 nitrogen and oxygen atoms in total. The molecule has 4 amide bonds. The highest BCUT2D eigenvalue weighted by Crippen LogP contribution is 2.05. The van der Waals surface area contributed by atoms with Gasteiger partial charge in [0, 0.05) is 18.7 Å². The van der Waals surface area contributed by atoms with Crippen LogP contribution in [-0.4, -0.2) is 89.1 Å². The predicted octanol–water partition coefficient (Wildman–Crippen LogP) is -3.15. The number of carbonyl (C=O) groups excluding carboxylic acids is 4. The zero-order valence-electron chi connectivity index (χ0n) is 19.6. The smallest absolute Gasteiger partial charge is 0.326 e. The zero-order chi connectivity index (χ0) is 27.0. The minimum atomic E-state index is -1.36. The normalized spacial score (nSPS) is 14.0. The Bertz CT molecular complexity index is 766. The summed E-state index contributed by atoms with van der Waals surface area (Å²) in [5.74, 6) is -3.75. The van der Waals surface area contributed by atoms with Crippen LogP contribution in [0.15, 0.2) is 4.99 Å².